The zero-order valence-corrected chi connectivity index (χ0v) is 10.3. The summed E-state index contributed by atoms with van der Waals surface area (Å²) in [5.74, 6) is -0.869. The number of halogens is 2. The molecule has 3 aromatic rings. The maximum Gasteiger partial charge on any atom is 0.153 e. The highest BCUT2D eigenvalue weighted by molar-refractivity contribution is 5.88. The number of aromatic nitrogens is 3. The molecule has 0 atom stereocenters. The van der Waals surface area contributed by atoms with Crippen LogP contribution in [0.15, 0.2) is 42.7 Å². The number of nitrogens with zero attached hydrogens (tertiary/aromatic N) is 2. The van der Waals surface area contributed by atoms with Crippen LogP contribution in [0.4, 0.5) is 14.6 Å². The van der Waals surface area contributed by atoms with Crippen LogP contribution in [-0.2, 0) is 0 Å². The monoisotopic (exact) mass is 272 g/mol. The summed E-state index contributed by atoms with van der Waals surface area (Å²) in [4.78, 5) is 3.68. The molecule has 0 saturated carbocycles. The number of H-pyrrole nitrogens is 1. The number of benzene rings is 1. The molecule has 0 amide bonds. The number of pyridine rings is 1. The van der Waals surface area contributed by atoms with Crippen LogP contribution in [0.3, 0.4) is 0 Å². The zero-order valence-electron chi connectivity index (χ0n) is 10.3. The first-order valence-electron chi connectivity index (χ1n) is 5.87. The maximum atomic E-state index is 13.9. The van der Waals surface area contributed by atoms with Gasteiger partial charge in [-0.1, -0.05) is 18.2 Å². The highest BCUT2D eigenvalue weighted by Gasteiger charge is 2.19. The Bertz CT molecular complexity index is 767. The molecule has 3 N–H and O–H groups in total. The summed E-state index contributed by atoms with van der Waals surface area (Å²) in [5.41, 5.74) is 6.96. The van der Waals surface area contributed by atoms with Crippen LogP contribution in [-0.4, -0.2) is 15.2 Å². The molecule has 0 bridgehead atoms. The molecule has 3 rings (SSSR count). The van der Waals surface area contributed by atoms with Crippen LogP contribution in [0, 0.1) is 11.6 Å². The molecule has 6 heteroatoms. The first-order valence-corrected chi connectivity index (χ1v) is 5.87. The predicted molar refractivity (Wildman–Crippen MR) is 71.6 cm³/mol. The highest BCUT2D eigenvalue weighted by Crippen LogP contribution is 2.36. The highest BCUT2D eigenvalue weighted by atomic mass is 19.1. The summed E-state index contributed by atoms with van der Waals surface area (Å²) in [7, 11) is 0. The van der Waals surface area contributed by atoms with Crippen molar-refractivity contribution in [3.63, 3.8) is 0 Å². The van der Waals surface area contributed by atoms with Crippen molar-refractivity contribution in [1.82, 2.24) is 15.2 Å². The lowest BCUT2D eigenvalue weighted by Crippen LogP contribution is -1.93. The number of hydrogen-bond donors (Lipinski definition) is 2. The summed E-state index contributed by atoms with van der Waals surface area (Å²) in [6, 6.07) is 7.61. The van der Waals surface area contributed by atoms with Crippen LogP contribution in [0.25, 0.3) is 22.4 Å². The number of nitrogens with two attached hydrogens (primary N) is 1. The van der Waals surface area contributed by atoms with E-state index in [4.69, 9.17) is 5.73 Å². The fourth-order valence-corrected chi connectivity index (χ4v) is 2.07. The lowest BCUT2D eigenvalue weighted by Gasteiger charge is -2.06. The van der Waals surface area contributed by atoms with Gasteiger partial charge in [0, 0.05) is 17.3 Å². The van der Waals surface area contributed by atoms with Gasteiger partial charge in [-0.25, -0.2) is 8.78 Å². The summed E-state index contributed by atoms with van der Waals surface area (Å²) in [5, 5.41) is 6.50. The van der Waals surface area contributed by atoms with E-state index in [0.29, 0.717) is 11.3 Å². The maximum absolute atomic E-state index is 13.9. The van der Waals surface area contributed by atoms with Crippen molar-refractivity contribution in [1.29, 1.82) is 0 Å². The van der Waals surface area contributed by atoms with E-state index in [1.807, 2.05) is 0 Å². The smallest absolute Gasteiger partial charge is 0.153 e. The van der Waals surface area contributed by atoms with E-state index in [-0.39, 0.29) is 16.9 Å². The van der Waals surface area contributed by atoms with Crippen molar-refractivity contribution < 1.29 is 8.78 Å². The van der Waals surface area contributed by atoms with E-state index in [2.05, 4.69) is 15.2 Å². The second kappa shape index (κ2) is 4.73. The summed E-state index contributed by atoms with van der Waals surface area (Å²) < 4.78 is 27.8. The van der Waals surface area contributed by atoms with E-state index in [1.54, 1.807) is 18.2 Å². The minimum Gasteiger partial charge on any atom is -0.382 e. The summed E-state index contributed by atoms with van der Waals surface area (Å²) in [6.07, 6.45) is 2.53. The van der Waals surface area contributed by atoms with Crippen LogP contribution < -0.4 is 5.73 Å². The minimum atomic E-state index is -0.534. The molecule has 2 aromatic heterocycles. The number of nitrogens with one attached hydrogen (secondary N) is 1. The van der Waals surface area contributed by atoms with Crippen LogP contribution >= 0.6 is 0 Å². The third kappa shape index (κ3) is 1.91. The molecular weight excluding hydrogens is 262 g/mol. The Kier molecular flexibility index (Phi) is 2.90. The van der Waals surface area contributed by atoms with Gasteiger partial charge >= 0.3 is 0 Å². The second-order valence-electron chi connectivity index (χ2n) is 4.19. The molecule has 2 heterocycles. The van der Waals surface area contributed by atoms with Gasteiger partial charge in [-0.15, -0.1) is 0 Å². The lowest BCUT2D eigenvalue weighted by molar-refractivity contribution is 0.624. The molecular formula is C14H10F2N4. The largest absolute Gasteiger partial charge is 0.382 e. The molecule has 0 radical (unpaired) electrons. The fourth-order valence-electron chi connectivity index (χ4n) is 2.07. The van der Waals surface area contributed by atoms with Crippen molar-refractivity contribution >= 4 is 5.82 Å². The molecule has 0 saturated heterocycles. The number of aromatic amines is 1. The Balaban J connectivity index is 2.26. The quantitative estimate of drug-likeness (QED) is 0.753. The topological polar surface area (TPSA) is 67.6 Å². The van der Waals surface area contributed by atoms with Gasteiger partial charge in [-0.3, -0.25) is 10.1 Å². The zero-order chi connectivity index (χ0) is 14.1. The molecule has 0 aliphatic heterocycles. The number of anilines is 1. The summed E-state index contributed by atoms with van der Waals surface area (Å²) in [6.45, 7) is 0. The third-order valence-electron chi connectivity index (χ3n) is 2.98. The molecule has 100 valence electrons. The van der Waals surface area contributed by atoms with Crippen molar-refractivity contribution in [2.75, 3.05) is 5.73 Å². The Labute approximate surface area is 113 Å². The SMILES string of the molecule is Nc1n[nH]c(-c2ccncc2F)c1-c1ccccc1F. The second-order valence-corrected chi connectivity index (χ2v) is 4.19. The Hall–Kier alpha value is -2.76. The van der Waals surface area contributed by atoms with Gasteiger partial charge in [-0.05, 0) is 12.1 Å². The van der Waals surface area contributed by atoms with Gasteiger partial charge in [0.15, 0.2) is 11.6 Å². The van der Waals surface area contributed by atoms with Gasteiger partial charge in [0.05, 0.1) is 17.5 Å². The van der Waals surface area contributed by atoms with Crippen molar-refractivity contribution in [3.05, 3.63) is 54.4 Å². The van der Waals surface area contributed by atoms with Crippen LogP contribution in [0.2, 0.25) is 0 Å². The fraction of sp³-hybridized carbons (Fsp3) is 0. The first kappa shape index (κ1) is 12.3. The third-order valence-corrected chi connectivity index (χ3v) is 2.98. The molecule has 0 spiro atoms. The van der Waals surface area contributed by atoms with Crippen LogP contribution in [0.5, 0.6) is 0 Å². The molecule has 0 unspecified atom stereocenters. The normalized spacial score (nSPS) is 10.7. The van der Waals surface area contributed by atoms with E-state index in [9.17, 15) is 8.78 Å². The van der Waals surface area contributed by atoms with E-state index < -0.39 is 11.6 Å². The molecule has 0 aliphatic rings. The van der Waals surface area contributed by atoms with Gasteiger partial charge in [-0.2, -0.15) is 5.10 Å². The van der Waals surface area contributed by atoms with E-state index in [1.165, 1.54) is 18.3 Å². The van der Waals surface area contributed by atoms with Crippen LogP contribution in [0.1, 0.15) is 0 Å². The standard InChI is InChI=1S/C14H10F2N4/c15-10-4-2-1-3-8(10)12-13(19-20-14(12)17)9-5-6-18-7-11(9)16/h1-7H,(H3,17,19,20). The first-order chi connectivity index (χ1) is 9.68. The average Bonchev–Trinajstić information content (AvgIpc) is 2.82. The van der Waals surface area contributed by atoms with Crippen molar-refractivity contribution in [2.45, 2.75) is 0 Å². The Morgan fingerprint density at radius 2 is 1.80 bits per heavy atom. The van der Waals surface area contributed by atoms with Gasteiger partial charge in [0.2, 0.25) is 0 Å². The number of hydrogen-bond acceptors (Lipinski definition) is 3. The Morgan fingerprint density at radius 3 is 2.55 bits per heavy atom. The van der Waals surface area contributed by atoms with Crippen molar-refractivity contribution in [3.8, 4) is 22.4 Å². The van der Waals surface area contributed by atoms with Gasteiger partial charge in [0.1, 0.15) is 5.82 Å². The molecule has 0 aliphatic carbocycles. The van der Waals surface area contributed by atoms with E-state index in [0.717, 1.165) is 6.20 Å². The molecule has 20 heavy (non-hydrogen) atoms. The molecule has 4 nitrogen and oxygen atoms in total. The molecule has 1 aromatic carbocycles. The average molecular weight is 272 g/mol. The Morgan fingerprint density at radius 1 is 1.00 bits per heavy atom. The summed E-state index contributed by atoms with van der Waals surface area (Å²) >= 11 is 0. The minimum absolute atomic E-state index is 0.112. The van der Waals surface area contributed by atoms with E-state index >= 15 is 0 Å². The number of nitrogen functional groups attached to an aromatic ring is 1. The predicted octanol–water partition coefficient (Wildman–Crippen LogP) is 3.00. The van der Waals surface area contributed by atoms with Gasteiger partial charge < -0.3 is 5.73 Å². The van der Waals surface area contributed by atoms with Gasteiger partial charge in [0.25, 0.3) is 0 Å². The molecule has 0 fully saturated rings. The lowest BCUT2D eigenvalue weighted by atomic mass is 10.0. The van der Waals surface area contributed by atoms with Crippen molar-refractivity contribution in [2.24, 2.45) is 0 Å². The number of rotatable bonds is 2.